The molecule has 5 aromatic rings. The normalized spacial score (nSPS) is 12.0. The van der Waals surface area contributed by atoms with Crippen molar-refractivity contribution in [2.24, 2.45) is 7.05 Å². The molecular weight excluding hydrogens is 530 g/mol. The van der Waals surface area contributed by atoms with E-state index < -0.39 is 18.2 Å². The SMILES string of the molecule is C[C@@H](OC(=O)Nc1c(-c2cc3sc(-c4ccc(CC(=O)O)cc4Cl)cc3s2)cnn1C)c1ccccc1. The number of fused-ring (bicyclic) bond motifs is 1. The number of anilines is 1. The van der Waals surface area contributed by atoms with Gasteiger partial charge in [-0.3, -0.25) is 14.8 Å². The first-order valence-electron chi connectivity index (χ1n) is 11.4. The van der Waals surface area contributed by atoms with Crippen LogP contribution in [0.3, 0.4) is 0 Å². The second-order valence-electron chi connectivity index (χ2n) is 8.45. The van der Waals surface area contributed by atoms with Gasteiger partial charge in [0.2, 0.25) is 0 Å². The molecule has 5 rings (SSSR count). The summed E-state index contributed by atoms with van der Waals surface area (Å²) in [5, 5.41) is 16.7. The van der Waals surface area contributed by atoms with Crippen LogP contribution in [0.15, 0.2) is 66.9 Å². The number of ether oxygens (including phenoxy) is 1. The maximum atomic E-state index is 12.7. The molecule has 0 aliphatic heterocycles. The zero-order chi connectivity index (χ0) is 26.1. The summed E-state index contributed by atoms with van der Waals surface area (Å²) in [5.41, 5.74) is 3.24. The zero-order valence-corrected chi connectivity index (χ0v) is 22.3. The van der Waals surface area contributed by atoms with Crippen molar-refractivity contribution in [2.45, 2.75) is 19.4 Å². The number of aliphatic carboxylic acids is 1. The molecule has 0 fully saturated rings. The highest BCUT2D eigenvalue weighted by molar-refractivity contribution is 7.31. The van der Waals surface area contributed by atoms with Crippen molar-refractivity contribution in [3.05, 3.63) is 83.0 Å². The number of carboxylic acids is 1. The molecule has 2 aromatic carbocycles. The molecule has 0 aliphatic carbocycles. The number of carbonyl (C=O) groups is 2. The van der Waals surface area contributed by atoms with Crippen molar-refractivity contribution >= 4 is 61.6 Å². The number of nitrogens with one attached hydrogen (secondary N) is 1. The number of carboxylic acid groups (broad SMARTS) is 1. The summed E-state index contributed by atoms with van der Waals surface area (Å²) < 4.78 is 9.35. The monoisotopic (exact) mass is 551 g/mol. The standard InChI is InChI=1S/C27H22ClN3O4S2/c1-15(17-6-4-3-5-7-17)35-27(34)30-26-19(14-29-31(26)2)22-13-24-23(37-22)12-21(36-24)18-9-8-16(10-20(18)28)11-25(32)33/h3-10,12-15H,11H2,1-2H3,(H,30,34)(H,32,33)/t15-/m1/s1. The summed E-state index contributed by atoms with van der Waals surface area (Å²) in [6, 6.07) is 19.1. The molecule has 3 aromatic heterocycles. The minimum Gasteiger partial charge on any atom is -0.481 e. The highest BCUT2D eigenvalue weighted by Crippen LogP contribution is 2.44. The molecule has 7 nitrogen and oxygen atoms in total. The van der Waals surface area contributed by atoms with Gasteiger partial charge in [0.25, 0.3) is 0 Å². The van der Waals surface area contributed by atoms with Gasteiger partial charge in [0, 0.05) is 36.8 Å². The number of aryl methyl sites for hydroxylation is 1. The largest absolute Gasteiger partial charge is 0.481 e. The van der Waals surface area contributed by atoms with Crippen LogP contribution in [0.5, 0.6) is 0 Å². The van der Waals surface area contributed by atoms with Gasteiger partial charge in [-0.05, 0) is 36.2 Å². The van der Waals surface area contributed by atoms with E-state index in [0.29, 0.717) is 16.4 Å². The van der Waals surface area contributed by atoms with E-state index in [4.69, 9.17) is 21.4 Å². The Bertz CT molecular complexity index is 1580. The molecular formula is C27H22ClN3O4S2. The Morgan fingerprint density at radius 1 is 1.05 bits per heavy atom. The van der Waals surface area contributed by atoms with Crippen molar-refractivity contribution in [3.8, 4) is 20.9 Å². The molecule has 0 radical (unpaired) electrons. The molecule has 0 unspecified atom stereocenters. The van der Waals surface area contributed by atoms with Gasteiger partial charge in [-0.25, -0.2) is 4.79 Å². The van der Waals surface area contributed by atoms with Crippen molar-refractivity contribution in [1.29, 1.82) is 0 Å². The molecule has 0 aliphatic rings. The van der Waals surface area contributed by atoms with Gasteiger partial charge in [-0.15, -0.1) is 22.7 Å². The van der Waals surface area contributed by atoms with Gasteiger partial charge in [0.15, 0.2) is 0 Å². The third-order valence-corrected chi connectivity index (χ3v) is 8.51. The van der Waals surface area contributed by atoms with E-state index in [1.165, 1.54) is 0 Å². The van der Waals surface area contributed by atoms with Crippen molar-refractivity contribution in [2.75, 3.05) is 5.32 Å². The Morgan fingerprint density at radius 2 is 1.73 bits per heavy atom. The molecule has 2 N–H and O–H groups in total. The zero-order valence-electron chi connectivity index (χ0n) is 19.9. The molecule has 188 valence electrons. The van der Waals surface area contributed by atoms with Gasteiger partial charge in [-0.2, -0.15) is 5.10 Å². The molecule has 1 amide bonds. The number of hydrogen-bond acceptors (Lipinski definition) is 6. The van der Waals surface area contributed by atoms with E-state index in [-0.39, 0.29) is 6.42 Å². The van der Waals surface area contributed by atoms with Crippen LogP contribution in [0.1, 0.15) is 24.2 Å². The first-order chi connectivity index (χ1) is 17.8. The van der Waals surface area contributed by atoms with Crippen LogP contribution in [-0.4, -0.2) is 26.9 Å². The quantitative estimate of drug-likeness (QED) is 0.217. The summed E-state index contributed by atoms with van der Waals surface area (Å²) in [7, 11) is 1.77. The fourth-order valence-electron chi connectivity index (χ4n) is 3.99. The second-order valence-corrected chi connectivity index (χ2v) is 11.0. The molecule has 37 heavy (non-hydrogen) atoms. The number of thiophene rings is 2. The van der Waals surface area contributed by atoms with Crippen LogP contribution < -0.4 is 5.32 Å². The van der Waals surface area contributed by atoms with Gasteiger partial charge < -0.3 is 9.84 Å². The van der Waals surface area contributed by atoms with Crippen LogP contribution in [0.2, 0.25) is 5.02 Å². The maximum Gasteiger partial charge on any atom is 0.413 e. The summed E-state index contributed by atoms with van der Waals surface area (Å²) in [6.07, 6.45) is 0.712. The van der Waals surface area contributed by atoms with Crippen LogP contribution >= 0.6 is 34.3 Å². The molecule has 0 bridgehead atoms. The Morgan fingerprint density at radius 3 is 2.38 bits per heavy atom. The predicted molar refractivity (Wildman–Crippen MR) is 149 cm³/mol. The van der Waals surface area contributed by atoms with E-state index in [2.05, 4.69) is 22.5 Å². The van der Waals surface area contributed by atoms with E-state index in [1.807, 2.05) is 43.3 Å². The molecule has 0 spiro atoms. The fraction of sp³-hybridized carbons (Fsp3) is 0.148. The van der Waals surface area contributed by atoms with Crippen LogP contribution in [0.25, 0.3) is 30.3 Å². The summed E-state index contributed by atoms with van der Waals surface area (Å²) in [6.45, 7) is 1.83. The highest BCUT2D eigenvalue weighted by Gasteiger charge is 2.20. The number of aromatic nitrogens is 2. The summed E-state index contributed by atoms with van der Waals surface area (Å²) >= 11 is 9.67. The van der Waals surface area contributed by atoms with E-state index >= 15 is 0 Å². The lowest BCUT2D eigenvalue weighted by Crippen LogP contribution is -2.18. The topological polar surface area (TPSA) is 93.4 Å². The lowest BCUT2D eigenvalue weighted by Gasteiger charge is -2.14. The number of amides is 1. The number of hydrogen-bond donors (Lipinski definition) is 2. The van der Waals surface area contributed by atoms with E-state index in [1.54, 1.807) is 52.7 Å². The Balaban J connectivity index is 1.36. The Labute approximate surface area is 225 Å². The average molecular weight is 552 g/mol. The van der Waals surface area contributed by atoms with Gasteiger partial charge in [-0.1, -0.05) is 54.1 Å². The number of benzene rings is 2. The van der Waals surface area contributed by atoms with Gasteiger partial charge in [0.1, 0.15) is 11.9 Å². The van der Waals surface area contributed by atoms with Crippen molar-refractivity contribution in [3.63, 3.8) is 0 Å². The minimum atomic E-state index is -0.892. The number of halogens is 1. The van der Waals surface area contributed by atoms with Crippen LogP contribution in [-0.2, 0) is 23.0 Å². The third-order valence-electron chi connectivity index (χ3n) is 5.84. The smallest absolute Gasteiger partial charge is 0.413 e. The molecule has 3 heterocycles. The molecule has 0 saturated carbocycles. The lowest BCUT2D eigenvalue weighted by atomic mass is 10.1. The first kappa shape index (κ1) is 25.0. The average Bonchev–Trinajstić information content (AvgIpc) is 3.53. The maximum absolute atomic E-state index is 12.7. The van der Waals surface area contributed by atoms with Crippen molar-refractivity contribution < 1.29 is 19.4 Å². The molecule has 0 saturated heterocycles. The Kier molecular flexibility index (Phi) is 7.01. The van der Waals surface area contributed by atoms with E-state index in [9.17, 15) is 9.59 Å². The summed E-state index contributed by atoms with van der Waals surface area (Å²) in [5.74, 6) is -0.340. The number of rotatable bonds is 7. The van der Waals surface area contributed by atoms with E-state index in [0.717, 1.165) is 35.8 Å². The minimum absolute atomic E-state index is 0.0664. The van der Waals surface area contributed by atoms with Gasteiger partial charge in [0.05, 0.1) is 18.2 Å². The van der Waals surface area contributed by atoms with Gasteiger partial charge >= 0.3 is 12.1 Å². The highest BCUT2D eigenvalue weighted by atomic mass is 35.5. The van der Waals surface area contributed by atoms with Crippen molar-refractivity contribution in [1.82, 2.24) is 9.78 Å². The molecule has 1 atom stereocenters. The Hall–Kier alpha value is -3.66. The number of carbonyl (C=O) groups excluding carboxylic acids is 1. The number of nitrogens with zero attached hydrogens (tertiary/aromatic N) is 2. The molecule has 10 heteroatoms. The third kappa shape index (κ3) is 5.39. The predicted octanol–water partition coefficient (Wildman–Crippen LogP) is 7.62. The summed E-state index contributed by atoms with van der Waals surface area (Å²) in [4.78, 5) is 25.6. The lowest BCUT2D eigenvalue weighted by molar-refractivity contribution is -0.136. The van der Waals surface area contributed by atoms with Crippen LogP contribution in [0, 0.1) is 0 Å². The second kappa shape index (κ2) is 10.4. The van der Waals surface area contributed by atoms with Crippen LogP contribution in [0.4, 0.5) is 10.6 Å². The first-order valence-corrected chi connectivity index (χ1v) is 13.4. The fourth-order valence-corrected chi connectivity index (χ4v) is 6.80.